The van der Waals surface area contributed by atoms with Crippen molar-refractivity contribution >= 4 is 49.7 Å². The number of benzene rings is 3. The van der Waals surface area contributed by atoms with Gasteiger partial charge >= 0.3 is 0 Å². The number of rotatable bonds is 10. The molecule has 0 radical (unpaired) electrons. The Morgan fingerprint density at radius 1 is 1.00 bits per heavy atom. The molecule has 0 unspecified atom stereocenters. The summed E-state index contributed by atoms with van der Waals surface area (Å²) in [5.41, 5.74) is 4.80. The first-order chi connectivity index (χ1) is 16.8. The lowest BCUT2D eigenvalue weighted by Crippen LogP contribution is -2.19. The molecule has 35 heavy (non-hydrogen) atoms. The lowest BCUT2D eigenvalue weighted by Gasteiger charge is -2.11. The van der Waals surface area contributed by atoms with Crippen LogP contribution in [-0.4, -0.2) is 31.3 Å². The molecule has 182 valence electrons. The van der Waals surface area contributed by atoms with Crippen LogP contribution in [0.3, 0.4) is 0 Å². The number of nitrogens with one attached hydrogen (secondary N) is 1. The maximum Gasteiger partial charge on any atom is 0.269 e. The number of non-ortho nitro benzene ring substituents is 1. The second kappa shape index (κ2) is 12.3. The second-order valence-electron chi connectivity index (χ2n) is 7.19. The molecule has 0 saturated heterocycles. The first kappa shape index (κ1) is 26.2. The molecular weight excluding hydrogens is 586 g/mol. The van der Waals surface area contributed by atoms with Crippen LogP contribution in [0.2, 0.25) is 0 Å². The van der Waals surface area contributed by atoms with Gasteiger partial charge in [-0.15, -0.1) is 0 Å². The Morgan fingerprint density at radius 2 is 1.63 bits per heavy atom. The number of hydrazone groups is 1. The highest BCUT2D eigenvalue weighted by atomic mass is 79.9. The van der Waals surface area contributed by atoms with E-state index < -0.39 is 4.92 Å². The van der Waals surface area contributed by atoms with Crippen molar-refractivity contribution in [3.8, 4) is 17.2 Å². The lowest BCUT2D eigenvalue weighted by atomic mass is 10.1. The third-order valence-electron chi connectivity index (χ3n) is 4.77. The molecule has 0 aliphatic heterocycles. The maximum absolute atomic E-state index is 12.3. The number of ether oxygens (including phenoxy) is 3. The third-order valence-corrected chi connectivity index (χ3v) is 5.94. The number of nitro benzene ring substituents is 1. The van der Waals surface area contributed by atoms with Crippen molar-refractivity contribution in [2.24, 2.45) is 5.10 Å². The molecule has 0 aromatic heterocycles. The molecule has 3 aromatic carbocycles. The van der Waals surface area contributed by atoms with Crippen LogP contribution in [0.4, 0.5) is 5.69 Å². The number of nitrogens with zero attached hydrogens (tertiary/aromatic N) is 2. The van der Waals surface area contributed by atoms with Gasteiger partial charge in [-0.05, 0) is 84.9 Å². The minimum atomic E-state index is -0.448. The standard InChI is InChI=1S/C24H21Br2N3O6/c1-33-21-8-5-16(11-22(21)34-2)12-23(30)28-27-13-17-9-19(25)24(20(26)10-17)35-14-15-3-6-18(7-4-15)29(31)32/h3-11,13H,12,14H2,1-2H3,(H,28,30)/b27-13+. The van der Waals surface area contributed by atoms with Crippen LogP contribution < -0.4 is 19.6 Å². The molecule has 11 heteroatoms. The van der Waals surface area contributed by atoms with Crippen LogP contribution in [0.1, 0.15) is 16.7 Å². The van der Waals surface area contributed by atoms with E-state index in [4.69, 9.17) is 14.2 Å². The van der Waals surface area contributed by atoms with E-state index in [1.54, 1.807) is 49.6 Å². The van der Waals surface area contributed by atoms with Crippen molar-refractivity contribution in [2.45, 2.75) is 13.0 Å². The Morgan fingerprint density at radius 3 is 2.23 bits per heavy atom. The highest BCUT2D eigenvalue weighted by Gasteiger charge is 2.11. The van der Waals surface area contributed by atoms with Crippen molar-refractivity contribution in [1.29, 1.82) is 0 Å². The summed E-state index contributed by atoms with van der Waals surface area (Å²) in [6, 6.07) is 15.0. The van der Waals surface area contributed by atoms with Crippen molar-refractivity contribution in [3.05, 3.63) is 90.3 Å². The van der Waals surface area contributed by atoms with Crippen LogP contribution in [-0.2, 0) is 17.8 Å². The normalized spacial score (nSPS) is 10.7. The Bertz CT molecular complexity index is 1230. The number of carbonyl (C=O) groups is 1. The van der Waals surface area contributed by atoms with Gasteiger partial charge in [0, 0.05) is 12.1 Å². The predicted octanol–water partition coefficient (Wildman–Crippen LogP) is 5.41. The zero-order valence-electron chi connectivity index (χ0n) is 18.8. The van der Waals surface area contributed by atoms with E-state index in [1.807, 2.05) is 0 Å². The van der Waals surface area contributed by atoms with Gasteiger partial charge in [-0.1, -0.05) is 6.07 Å². The Kier molecular flexibility index (Phi) is 9.21. The van der Waals surface area contributed by atoms with Crippen molar-refractivity contribution in [2.75, 3.05) is 14.2 Å². The molecule has 3 aromatic rings. The smallest absolute Gasteiger partial charge is 0.269 e. The van der Waals surface area contributed by atoms with Crippen LogP contribution in [0.5, 0.6) is 17.2 Å². The lowest BCUT2D eigenvalue weighted by molar-refractivity contribution is -0.384. The summed E-state index contributed by atoms with van der Waals surface area (Å²) in [6.07, 6.45) is 1.64. The maximum atomic E-state index is 12.3. The molecule has 0 spiro atoms. The molecule has 0 heterocycles. The fourth-order valence-corrected chi connectivity index (χ4v) is 4.51. The molecule has 1 amide bonds. The zero-order valence-corrected chi connectivity index (χ0v) is 22.0. The topological polar surface area (TPSA) is 112 Å². The molecule has 1 N–H and O–H groups in total. The minimum absolute atomic E-state index is 0.0237. The van der Waals surface area contributed by atoms with Crippen molar-refractivity contribution in [3.63, 3.8) is 0 Å². The predicted molar refractivity (Wildman–Crippen MR) is 138 cm³/mol. The monoisotopic (exact) mass is 605 g/mol. The van der Waals surface area contributed by atoms with E-state index in [-0.39, 0.29) is 24.6 Å². The third kappa shape index (κ3) is 7.27. The summed E-state index contributed by atoms with van der Waals surface area (Å²) >= 11 is 6.95. The summed E-state index contributed by atoms with van der Waals surface area (Å²) in [6.45, 7) is 0.231. The number of halogens is 2. The first-order valence-electron chi connectivity index (χ1n) is 10.2. The van der Waals surface area contributed by atoms with Crippen LogP contribution >= 0.6 is 31.9 Å². The van der Waals surface area contributed by atoms with Crippen LogP contribution in [0.25, 0.3) is 0 Å². The zero-order chi connectivity index (χ0) is 25.4. The van der Waals surface area contributed by atoms with Crippen molar-refractivity contribution in [1.82, 2.24) is 5.43 Å². The summed E-state index contributed by atoms with van der Waals surface area (Å²) in [5.74, 6) is 1.42. The molecule has 0 saturated carbocycles. The molecular formula is C24H21Br2N3O6. The van der Waals surface area contributed by atoms with Gasteiger partial charge in [0.25, 0.3) is 5.69 Å². The average molecular weight is 607 g/mol. The summed E-state index contributed by atoms with van der Waals surface area (Å²) in [7, 11) is 3.08. The summed E-state index contributed by atoms with van der Waals surface area (Å²) < 4.78 is 17.7. The van der Waals surface area contributed by atoms with Gasteiger partial charge in [-0.25, -0.2) is 5.43 Å². The average Bonchev–Trinajstić information content (AvgIpc) is 2.83. The van der Waals surface area contributed by atoms with E-state index in [2.05, 4.69) is 42.4 Å². The molecule has 0 fully saturated rings. The summed E-state index contributed by atoms with van der Waals surface area (Å²) in [5, 5.41) is 14.8. The number of carbonyl (C=O) groups excluding carboxylic acids is 1. The van der Waals surface area contributed by atoms with Gasteiger partial charge in [0.05, 0.1) is 40.7 Å². The highest BCUT2D eigenvalue weighted by molar-refractivity contribution is 9.11. The van der Waals surface area contributed by atoms with E-state index in [1.165, 1.54) is 25.5 Å². The number of methoxy groups -OCH3 is 2. The van der Waals surface area contributed by atoms with Crippen LogP contribution in [0.15, 0.2) is 68.6 Å². The fraction of sp³-hybridized carbons (Fsp3) is 0.167. The van der Waals surface area contributed by atoms with Gasteiger partial charge in [0.2, 0.25) is 5.91 Å². The van der Waals surface area contributed by atoms with E-state index in [0.29, 0.717) is 26.2 Å². The fourth-order valence-electron chi connectivity index (χ4n) is 3.06. The quantitative estimate of drug-likeness (QED) is 0.188. The minimum Gasteiger partial charge on any atom is -0.493 e. The Hall–Kier alpha value is -3.44. The van der Waals surface area contributed by atoms with Crippen LogP contribution in [0, 0.1) is 10.1 Å². The van der Waals surface area contributed by atoms with E-state index >= 15 is 0 Å². The molecule has 3 rings (SSSR count). The van der Waals surface area contributed by atoms with Crippen molar-refractivity contribution < 1.29 is 23.9 Å². The SMILES string of the molecule is COc1ccc(CC(=O)N/N=C/c2cc(Br)c(OCc3ccc([N+](=O)[O-])cc3)c(Br)c2)cc1OC. The van der Waals surface area contributed by atoms with Gasteiger partial charge in [0.15, 0.2) is 11.5 Å². The molecule has 0 bridgehead atoms. The highest BCUT2D eigenvalue weighted by Crippen LogP contribution is 2.35. The number of hydrogen-bond acceptors (Lipinski definition) is 7. The summed E-state index contributed by atoms with van der Waals surface area (Å²) in [4.78, 5) is 22.6. The van der Waals surface area contributed by atoms with Gasteiger partial charge in [-0.2, -0.15) is 5.10 Å². The molecule has 0 atom stereocenters. The number of amides is 1. The van der Waals surface area contributed by atoms with E-state index in [9.17, 15) is 14.9 Å². The number of hydrogen-bond donors (Lipinski definition) is 1. The first-order valence-corrected chi connectivity index (χ1v) is 11.8. The molecule has 9 nitrogen and oxygen atoms in total. The van der Waals surface area contributed by atoms with Gasteiger partial charge in [-0.3, -0.25) is 14.9 Å². The second-order valence-corrected chi connectivity index (χ2v) is 8.89. The molecule has 0 aliphatic rings. The van der Waals surface area contributed by atoms with Gasteiger partial charge in [0.1, 0.15) is 12.4 Å². The van der Waals surface area contributed by atoms with E-state index in [0.717, 1.165) is 16.7 Å². The number of nitro groups is 1. The Labute approximate surface area is 218 Å². The largest absolute Gasteiger partial charge is 0.493 e. The molecule has 0 aliphatic carbocycles. The van der Waals surface area contributed by atoms with Gasteiger partial charge < -0.3 is 14.2 Å². The Balaban J connectivity index is 1.58.